The van der Waals surface area contributed by atoms with Gasteiger partial charge in [0, 0.05) is 0 Å². The van der Waals surface area contributed by atoms with Crippen LogP contribution >= 0.6 is 0 Å². The number of allylic oxidation sites excluding steroid dienone is 1. The van der Waals surface area contributed by atoms with Crippen molar-refractivity contribution in [3.8, 4) is 17.2 Å². The summed E-state index contributed by atoms with van der Waals surface area (Å²) in [5, 5.41) is 2.08. The van der Waals surface area contributed by atoms with Crippen LogP contribution in [0.15, 0.2) is 23.8 Å². The van der Waals surface area contributed by atoms with Crippen molar-refractivity contribution in [2.75, 3.05) is 21.3 Å². The zero-order valence-corrected chi connectivity index (χ0v) is 14.9. The number of amides is 1. The van der Waals surface area contributed by atoms with E-state index in [0.29, 0.717) is 29.2 Å². The maximum absolute atomic E-state index is 12.8. The summed E-state index contributed by atoms with van der Waals surface area (Å²) in [5.41, 5.74) is 1.47. The molecule has 5 nitrogen and oxygen atoms in total. The lowest BCUT2D eigenvalue weighted by atomic mass is 9.97. The minimum Gasteiger partial charge on any atom is -0.493 e. The van der Waals surface area contributed by atoms with Gasteiger partial charge in [-0.05, 0) is 43.4 Å². The normalized spacial score (nSPS) is 15.2. The Balaban J connectivity index is 2.41. The van der Waals surface area contributed by atoms with Crippen LogP contribution in [0.5, 0.6) is 17.2 Å². The molecular weight excluding hydrogens is 351 g/mol. The van der Waals surface area contributed by atoms with Crippen LogP contribution in [-0.4, -0.2) is 33.4 Å². The third-order valence-corrected chi connectivity index (χ3v) is 4.25. The molecule has 26 heavy (non-hydrogen) atoms. The Morgan fingerprint density at radius 3 is 2.19 bits per heavy atom. The maximum atomic E-state index is 12.8. The van der Waals surface area contributed by atoms with E-state index >= 15 is 0 Å². The summed E-state index contributed by atoms with van der Waals surface area (Å²) >= 11 is 0. The predicted octanol–water partition coefficient (Wildman–Crippen LogP) is 3.93. The molecule has 0 heterocycles. The number of carbonyl (C=O) groups excluding carboxylic acids is 1. The van der Waals surface area contributed by atoms with Crippen LogP contribution in [-0.2, 0) is 4.79 Å². The Hall–Kier alpha value is -2.38. The molecule has 0 aliphatic heterocycles. The molecule has 1 amide bonds. The third-order valence-electron chi connectivity index (χ3n) is 4.25. The number of hydrogen-bond donors (Lipinski definition) is 1. The fourth-order valence-corrected chi connectivity index (χ4v) is 2.98. The molecule has 0 aromatic heterocycles. The molecule has 0 spiro atoms. The Morgan fingerprint density at radius 2 is 1.77 bits per heavy atom. The first-order valence-electron chi connectivity index (χ1n) is 8.15. The van der Waals surface area contributed by atoms with Gasteiger partial charge in [0.05, 0.1) is 27.4 Å². The van der Waals surface area contributed by atoms with Crippen molar-refractivity contribution in [3.63, 3.8) is 0 Å². The standard InChI is InChI=1S/C18H22F3NO4/c1-24-14-9-12(10-15(25-2)16(14)26-3)13(8-11-6-4-5-7-11)22-17(23)18(19,20)21/h6,9-10,13H,4-5,7-8H2,1-3H3,(H,22,23). The summed E-state index contributed by atoms with van der Waals surface area (Å²) in [5.74, 6) is -1.02. The molecule has 0 saturated heterocycles. The first-order chi connectivity index (χ1) is 12.3. The Kier molecular flexibility index (Phi) is 6.39. The van der Waals surface area contributed by atoms with Gasteiger partial charge >= 0.3 is 12.1 Å². The summed E-state index contributed by atoms with van der Waals surface area (Å²) in [6, 6.07) is 2.25. The first-order valence-corrected chi connectivity index (χ1v) is 8.15. The molecule has 1 atom stereocenters. The fourth-order valence-electron chi connectivity index (χ4n) is 2.98. The molecule has 8 heteroatoms. The lowest BCUT2D eigenvalue weighted by Crippen LogP contribution is -2.39. The second-order valence-electron chi connectivity index (χ2n) is 5.94. The number of nitrogens with one attached hydrogen (secondary N) is 1. The average Bonchev–Trinajstić information content (AvgIpc) is 3.11. The maximum Gasteiger partial charge on any atom is 0.471 e. The van der Waals surface area contributed by atoms with Crippen LogP contribution in [0.25, 0.3) is 0 Å². The van der Waals surface area contributed by atoms with E-state index in [4.69, 9.17) is 14.2 Å². The van der Waals surface area contributed by atoms with Crippen molar-refractivity contribution >= 4 is 5.91 Å². The lowest BCUT2D eigenvalue weighted by Gasteiger charge is -2.23. The topological polar surface area (TPSA) is 56.8 Å². The van der Waals surface area contributed by atoms with E-state index in [1.807, 2.05) is 6.08 Å². The Bertz CT molecular complexity index is 660. The Morgan fingerprint density at radius 1 is 1.15 bits per heavy atom. The van der Waals surface area contributed by atoms with Gasteiger partial charge in [-0.15, -0.1) is 0 Å². The summed E-state index contributed by atoms with van der Waals surface area (Å²) in [4.78, 5) is 11.5. The van der Waals surface area contributed by atoms with E-state index in [2.05, 4.69) is 5.32 Å². The first kappa shape index (κ1) is 19.9. The van der Waals surface area contributed by atoms with E-state index in [1.54, 1.807) is 12.1 Å². The van der Waals surface area contributed by atoms with E-state index in [9.17, 15) is 18.0 Å². The molecule has 1 N–H and O–H groups in total. The number of alkyl halides is 3. The summed E-state index contributed by atoms with van der Waals surface area (Å²) in [7, 11) is 4.28. The van der Waals surface area contributed by atoms with Gasteiger partial charge < -0.3 is 19.5 Å². The van der Waals surface area contributed by atoms with Crippen molar-refractivity contribution in [2.45, 2.75) is 37.9 Å². The number of rotatable bonds is 7. The molecule has 1 aromatic carbocycles. The third kappa shape index (κ3) is 4.62. The van der Waals surface area contributed by atoms with Gasteiger partial charge in [0.1, 0.15) is 0 Å². The lowest BCUT2D eigenvalue weighted by molar-refractivity contribution is -0.174. The number of benzene rings is 1. The van der Waals surface area contributed by atoms with Crippen LogP contribution in [0.4, 0.5) is 13.2 Å². The number of ether oxygens (including phenoxy) is 3. The summed E-state index contributed by atoms with van der Waals surface area (Å²) in [6.45, 7) is 0. The zero-order valence-electron chi connectivity index (χ0n) is 14.9. The van der Waals surface area contributed by atoms with Gasteiger partial charge in [-0.3, -0.25) is 4.79 Å². The number of carbonyl (C=O) groups is 1. The summed E-state index contributed by atoms with van der Waals surface area (Å²) < 4.78 is 54.0. The molecule has 1 unspecified atom stereocenters. The zero-order chi connectivity index (χ0) is 19.3. The largest absolute Gasteiger partial charge is 0.493 e. The molecule has 144 valence electrons. The SMILES string of the molecule is COc1cc(C(CC2=CCCC2)NC(=O)C(F)(F)F)cc(OC)c1OC. The Labute approximate surface area is 150 Å². The molecule has 0 saturated carbocycles. The van der Waals surface area contributed by atoms with Gasteiger partial charge in [0.25, 0.3) is 0 Å². The van der Waals surface area contributed by atoms with Crippen molar-refractivity contribution < 1.29 is 32.2 Å². The highest BCUT2D eigenvalue weighted by Crippen LogP contribution is 2.41. The highest BCUT2D eigenvalue weighted by Gasteiger charge is 2.40. The van der Waals surface area contributed by atoms with E-state index in [0.717, 1.165) is 24.8 Å². The molecule has 1 aliphatic carbocycles. The van der Waals surface area contributed by atoms with Crippen LogP contribution in [0.1, 0.15) is 37.3 Å². The average molecular weight is 373 g/mol. The molecule has 0 fully saturated rings. The van der Waals surface area contributed by atoms with Crippen LogP contribution in [0.3, 0.4) is 0 Å². The van der Waals surface area contributed by atoms with E-state index in [-0.39, 0.29) is 0 Å². The second kappa shape index (κ2) is 8.33. The molecule has 0 radical (unpaired) electrons. The second-order valence-corrected chi connectivity index (χ2v) is 5.94. The number of methoxy groups -OCH3 is 3. The van der Waals surface area contributed by atoms with Crippen LogP contribution in [0.2, 0.25) is 0 Å². The fraction of sp³-hybridized carbons (Fsp3) is 0.500. The van der Waals surface area contributed by atoms with Crippen LogP contribution < -0.4 is 19.5 Å². The van der Waals surface area contributed by atoms with Gasteiger partial charge in [-0.25, -0.2) is 0 Å². The quantitative estimate of drug-likeness (QED) is 0.736. The smallest absolute Gasteiger partial charge is 0.471 e. The van der Waals surface area contributed by atoms with Crippen LogP contribution in [0, 0.1) is 0 Å². The van der Waals surface area contributed by atoms with E-state index < -0.39 is 18.1 Å². The molecule has 1 aliphatic rings. The van der Waals surface area contributed by atoms with Crippen molar-refractivity contribution in [2.24, 2.45) is 0 Å². The number of hydrogen-bond acceptors (Lipinski definition) is 4. The summed E-state index contributed by atoms with van der Waals surface area (Å²) in [6.07, 6.45) is 0.00596. The van der Waals surface area contributed by atoms with Gasteiger partial charge in [0.15, 0.2) is 11.5 Å². The highest BCUT2D eigenvalue weighted by atomic mass is 19.4. The van der Waals surface area contributed by atoms with Gasteiger partial charge in [-0.2, -0.15) is 13.2 Å². The molecule has 2 rings (SSSR count). The minimum atomic E-state index is -4.96. The monoisotopic (exact) mass is 373 g/mol. The molecule has 0 bridgehead atoms. The minimum absolute atomic E-state index is 0.292. The van der Waals surface area contributed by atoms with Crippen molar-refractivity contribution in [1.29, 1.82) is 0 Å². The van der Waals surface area contributed by atoms with E-state index in [1.165, 1.54) is 21.3 Å². The molecular formula is C18H22F3NO4. The highest BCUT2D eigenvalue weighted by molar-refractivity contribution is 5.82. The van der Waals surface area contributed by atoms with Gasteiger partial charge in [0.2, 0.25) is 5.75 Å². The molecule has 1 aromatic rings. The van der Waals surface area contributed by atoms with Gasteiger partial charge in [-0.1, -0.05) is 11.6 Å². The van der Waals surface area contributed by atoms with Crippen molar-refractivity contribution in [3.05, 3.63) is 29.3 Å². The van der Waals surface area contributed by atoms with Crippen molar-refractivity contribution in [1.82, 2.24) is 5.32 Å². The predicted molar refractivity (Wildman–Crippen MR) is 89.6 cm³/mol. The number of halogens is 3.